The number of hydrogen-bond acceptors (Lipinski definition) is 6. The van der Waals surface area contributed by atoms with Gasteiger partial charge in [-0.1, -0.05) is 12.8 Å². The lowest BCUT2D eigenvalue weighted by Crippen LogP contribution is -2.45. The number of likely N-dealkylation sites (tertiary alicyclic amines) is 1. The smallest absolute Gasteiger partial charge is 0.223 e. The predicted octanol–water partition coefficient (Wildman–Crippen LogP) is 3.54. The summed E-state index contributed by atoms with van der Waals surface area (Å²) in [6, 6.07) is 1.34. The van der Waals surface area contributed by atoms with Gasteiger partial charge in [-0.25, -0.2) is 15.0 Å². The fourth-order valence-electron chi connectivity index (χ4n) is 6.24. The van der Waals surface area contributed by atoms with Gasteiger partial charge in [0.25, 0.3) is 0 Å². The highest BCUT2D eigenvalue weighted by atomic mass is 16.1. The Labute approximate surface area is 203 Å². The molecule has 2 aromatic heterocycles. The fourth-order valence-corrected chi connectivity index (χ4v) is 6.24. The number of amides is 1. The summed E-state index contributed by atoms with van der Waals surface area (Å²) in [6.45, 7) is 9.23. The van der Waals surface area contributed by atoms with Crippen LogP contribution in [0, 0.1) is 5.92 Å². The van der Waals surface area contributed by atoms with E-state index in [2.05, 4.69) is 43.5 Å². The molecule has 0 aliphatic carbocycles. The van der Waals surface area contributed by atoms with Crippen molar-refractivity contribution in [2.75, 3.05) is 31.1 Å². The monoisotopic (exact) mass is 467 g/mol. The summed E-state index contributed by atoms with van der Waals surface area (Å²) in [5.74, 6) is 2.41. The number of carbonyl (C=O) groups is 1. The number of hydrogen-bond donors (Lipinski definition) is 1. The van der Waals surface area contributed by atoms with Gasteiger partial charge in [-0.3, -0.25) is 9.69 Å². The van der Waals surface area contributed by atoms with E-state index < -0.39 is 0 Å². The first-order chi connectivity index (χ1) is 16.6. The van der Waals surface area contributed by atoms with Gasteiger partial charge in [-0.15, -0.1) is 0 Å². The zero-order chi connectivity index (χ0) is 23.5. The molecule has 0 aromatic carbocycles. The summed E-state index contributed by atoms with van der Waals surface area (Å²) in [7, 11) is 0. The molecule has 2 aromatic rings. The first-order valence-electron chi connectivity index (χ1n) is 13.6. The van der Waals surface area contributed by atoms with Crippen molar-refractivity contribution >= 4 is 22.9 Å². The van der Waals surface area contributed by atoms with Crippen LogP contribution in [0.1, 0.15) is 77.5 Å². The third kappa shape index (κ3) is 4.92. The molecule has 34 heavy (non-hydrogen) atoms. The molecule has 0 saturated carbocycles. The zero-order valence-electron chi connectivity index (χ0n) is 21.0. The Morgan fingerprint density at radius 1 is 1.00 bits per heavy atom. The average Bonchev–Trinajstić information content (AvgIpc) is 3.04. The molecule has 3 aliphatic rings. The van der Waals surface area contributed by atoms with E-state index in [4.69, 9.17) is 4.98 Å². The van der Waals surface area contributed by atoms with E-state index >= 15 is 0 Å². The van der Waals surface area contributed by atoms with Crippen molar-refractivity contribution < 1.29 is 4.79 Å². The van der Waals surface area contributed by atoms with E-state index in [1.807, 2.05) is 0 Å². The van der Waals surface area contributed by atoms with E-state index in [0.29, 0.717) is 12.1 Å². The van der Waals surface area contributed by atoms with Crippen molar-refractivity contribution in [1.82, 2.24) is 29.7 Å². The first kappa shape index (κ1) is 23.5. The second kappa shape index (κ2) is 10.6. The molecule has 5 heterocycles. The van der Waals surface area contributed by atoms with Gasteiger partial charge in [0.2, 0.25) is 5.91 Å². The van der Waals surface area contributed by atoms with Crippen LogP contribution in [-0.2, 0) is 17.8 Å². The Bertz CT molecular complexity index is 971. The lowest BCUT2D eigenvalue weighted by atomic mass is 9.95. The maximum absolute atomic E-state index is 12.8. The highest BCUT2D eigenvalue weighted by molar-refractivity contribution is 5.84. The van der Waals surface area contributed by atoms with Crippen LogP contribution in [0.2, 0.25) is 0 Å². The molecule has 1 N–H and O–H groups in total. The number of nitrogens with zero attached hydrogens (tertiary/aromatic N) is 6. The predicted molar refractivity (Wildman–Crippen MR) is 135 cm³/mol. The number of nitrogens with one attached hydrogen (secondary N) is 1. The van der Waals surface area contributed by atoms with Crippen LogP contribution in [0.3, 0.4) is 0 Å². The first-order valence-corrected chi connectivity index (χ1v) is 13.6. The fraction of sp³-hybridized carbons (Fsp3) is 0.769. The second-order valence-electron chi connectivity index (χ2n) is 10.6. The Balaban J connectivity index is 1.12. The number of aryl methyl sites for hydroxylation is 2. The second-order valence-corrected chi connectivity index (χ2v) is 10.6. The van der Waals surface area contributed by atoms with Crippen LogP contribution in [-0.4, -0.2) is 68.6 Å². The van der Waals surface area contributed by atoms with Crippen LogP contribution in [0.25, 0.3) is 11.2 Å². The number of piperidine rings is 2. The normalized spacial score (nSPS) is 24.7. The molecule has 5 rings (SSSR count). The number of aromatic nitrogens is 4. The highest BCUT2D eigenvalue weighted by Crippen LogP contribution is 2.29. The van der Waals surface area contributed by atoms with E-state index in [-0.39, 0.29) is 11.8 Å². The summed E-state index contributed by atoms with van der Waals surface area (Å²) in [5, 5.41) is 3.22. The molecule has 2 unspecified atom stereocenters. The molecule has 2 saturated heterocycles. The third-order valence-corrected chi connectivity index (χ3v) is 8.31. The Morgan fingerprint density at radius 3 is 2.59 bits per heavy atom. The topological polar surface area (TPSA) is 79.2 Å². The molecule has 2 atom stereocenters. The van der Waals surface area contributed by atoms with Gasteiger partial charge in [0, 0.05) is 57.1 Å². The molecule has 3 aliphatic heterocycles. The minimum atomic E-state index is 0.0973. The zero-order valence-corrected chi connectivity index (χ0v) is 21.0. The minimum absolute atomic E-state index is 0.0973. The number of anilines is 1. The Kier molecular flexibility index (Phi) is 7.32. The summed E-state index contributed by atoms with van der Waals surface area (Å²) in [6.07, 6.45) is 13.1. The van der Waals surface area contributed by atoms with Crippen LogP contribution < -0.4 is 10.2 Å². The van der Waals surface area contributed by atoms with Gasteiger partial charge >= 0.3 is 0 Å². The van der Waals surface area contributed by atoms with Crippen LogP contribution in [0.15, 0.2) is 6.33 Å². The van der Waals surface area contributed by atoms with E-state index in [0.717, 1.165) is 81.2 Å². The molecular formula is C26H41N7O. The van der Waals surface area contributed by atoms with Crippen LogP contribution >= 0.6 is 0 Å². The maximum Gasteiger partial charge on any atom is 0.223 e. The van der Waals surface area contributed by atoms with Crippen LogP contribution in [0.4, 0.5) is 5.82 Å². The number of imidazole rings is 1. The van der Waals surface area contributed by atoms with Crippen molar-refractivity contribution in [2.45, 2.75) is 96.7 Å². The molecule has 8 nitrogen and oxygen atoms in total. The lowest BCUT2D eigenvalue weighted by molar-refractivity contribution is -0.125. The maximum atomic E-state index is 12.8. The van der Waals surface area contributed by atoms with Gasteiger partial charge in [-0.2, -0.15) is 0 Å². The number of carbonyl (C=O) groups excluding carboxylic acids is 1. The molecule has 0 radical (unpaired) electrons. The highest BCUT2D eigenvalue weighted by Gasteiger charge is 2.28. The summed E-state index contributed by atoms with van der Waals surface area (Å²) in [4.78, 5) is 31.9. The summed E-state index contributed by atoms with van der Waals surface area (Å²) >= 11 is 0. The Morgan fingerprint density at radius 2 is 1.79 bits per heavy atom. The van der Waals surface area contributed by atoms with Gasteiger partial charge in [0.05, 0.1) is 0 Å². The number of fused-ring (bicyclic) bond motifs is 3. The third-order valence-electron chi connectivity index (χ3n) is 8.31. The van der Waals surface area contributed by atoms with Gasteiger partial charge in [0.1, 0.15) is 12.2 Å². The van der Waals surface area contributed by atoms with Gasteiger partial charge < -0.3 is 14.8 Å². The quantitative estimate of drug-likeness (QED) is 0.655. The summed E-state index contributed by atoms with van der Waals surface area (Å²) < 4.78 is 2.29. The van der Waals surface area contributed by atoms with Crippen molar-refractivity contribution in [3.05, 3.63) is 12.2 Å². The molecule has 0 spiro atoms. The minimum Gasteiger partial charge on any atom is -0.356 e. The lowest BCUT2D eigenvalue weighted by Gasteiger charge is -2.39. The van der Waals surface area contributed by atoms with Crippen molar-refractivity contribution in [3.8, 4) is 0 Å². The molecule has 8 heteroatoms. The molecular weight excluding hydrogens is 426 g/mol. The average molecular weight is 468 g/mol. The molecule has 2 fully saturated rings. The summed E-state index contributed by atoms with van der Waals surface area (Å²) in [5.41, 5.74) is 1.91. The van der Waals surface area contributed by atoms with Gasteiger partial charge in [-0.05, 0) is 58.8 Å². The molecule has 186 valence electrons. The van der Waals surface area contributed by atoms with Crippen molar-refractivity contribution in [3.63, 3.8) is 0 Å². The van der Waals surface area contributed by atoms with E-state index in [1.165, 1.54) is 38.5 Å². The molecule has 1 amide bonds. The standard InChI is InChI=1S/C26H41N7O/c1-19-8-6-9-20(2)32(19)15-7-13-27-26(34)21-11-16-31(17-12-21)24-23-25(29-18-28-24)33-14-5-3-4-10-22(33)30-23/h18-21H,3-17H2,1-2H3,(H,27,34). The van der Waals surface area contributed by atoms with E-state index in [1.54, 1.807) is 6.33 Å². The molecule has 0 bridgehead atoms. The van der Waals surface area contributed by atoms with Crippen molar-refractivity contribution in [2.24, 2.45) is 5.92 Å². The van der Waals surface area contributed by atoms with Crippen LogP contribution in [0.5, 0.6) is 0 Å². The number of rotatable bonds is 6. The van der Waals surface area contributed by atoms with E-state index in [9.17, 15) is 4.79 Å². The van der Waals surface area contributed by atoms with Gasteiger partial charge in [0.15, 0.2) is 17.0 Å². The largest absolute Gasteiger partial charge is 0.356 e. The Hall–Kier alpha value is -2.22. The van der Waals surface area contributed by atoms with Crippen molar-refractivity contribution in [1.29, 1.82) is 0 Å². The SMILES string of the molecule is CC1CCCC(C)N1CCCNC(=O)C1CCN(c2ncnc3c2nc2n3CCCCC2)CC1.